The number of nitrogens with one attached hydrogen (secondary N) is 2. The van der Waals surface area contributed by atoms with E-state index in [0.29, 0.717) is 0 Å². The quantitative estimate of drug-likeness (QED) is 0.483. The Bertz CT molecular complexity index is 812. The lowest BCUT2D eigenvalue weighted by Gasteiger charge is -2.07. The highest BCUT2D eigenvalue weighted by atomic mass is 32.2. The molecule has 9 heteroatoms. The molecule has 0 atom stereocenters. The van der Waals surface area contributed by atoms with Gasteiger partial charge in [0.15, 0.2) is 0 Å². The lowest BCUT2D eigenvalue weighted by atomic mass is 10.2. The predicted octanol–water partition coefficient (Wildman–Crippen LogP) is 2.60. The molecule has 2 aromatic carbocycles. The first-order valence-electron chi connectivity index (χ1n) is 7.09. The Balaban J connectivity index is 1.87. The molecule has 0 spiro atoms. The van der Waals surface area contributed by atoms with Crippen LogP contribution in [0.3, 0.4) is 0 Å². The molecule has 0 bridgehead atoms. The van der Waals surface area contributed by atoms with E-state index in [2.05, 4.69) is 10.9 Å². The standard InChI is InChI=1S/C16H14FN3O4S/c1-10-2-5-12(6-3-10)25-9-15(21)18-19-16(22)11-4-7-13(17)14(8-11)20(23)24/h2-8H,9H2,1H3,(H,18,21)(H,19,22). The minimum absolute atomic E-state index is 0.0763. The summed E-state index contributed by atoms with van der Waals surface area (Å²) in [5, 5.41) is 10.7. The lowest BCUT2D eigenvalue weighted by molar-refractivity contribution is -0.387. The summed E-state index contributed by atoms with van der Waals surface area (Å²) in [4.78, 5) is 34.2. The molecule has 2 aromatic rings. The molecule has 7 nitrogen and oxygen atoms in total. The number of aryl methyl sites for hydroxylation is 1. The van der Waals surface area contributed by atoms with Crippen LogP contribution in [0.15, 0.2) is 47.4 Å². The molecule has 0 heterocycles. The van der Waals surface area contributed by atoms with Gasteiger partial charge < -0.3 is 0 Å². The van der Waals surface area contributed by atoms with Gasteiger partial charge in [0.2, 0.25) is 11.7 Å². The Hall–Kier alpha value is -2.94. The van der Waals surface area contributed by atoms with Crippen molar-refractivity contribution >= 4 is 29.3 Å². The van der Waals surface area contributed by atoms with Crippen LogP contribution in [-0.2, 0) is 4.79 Å². The van der Waals surface area contributed by atoms with Crippen LogP contribution < -0.4 is 10.9 Å². The van der Waals surface area contributed by atoms with Crippen molar-refractivity contribution in [3.63, 3.8) is 0 Å². The fraction of sp³-hybridized carbons (Fsp3) is 0.125. The number of hydrogen-bond acceptors (Lipinski definition) is 5. The van der Waals surface area contributed by atoms with Crippen molar-refractivity contribution in [2.45, 2.75) is 11.8 Å². The maximum atomic E-state index is 13.2. The van der Waals surface area contributed by atoms with Gasteiger partial charge in [0.25, 0.3) is 5.91 Å². The highest BCUT2D eigenvalue weighted by Gasteiger charge is 2.17. The number of amides is 2. The van der Waals surface area contributed by atoms with Gasteiger partial charge in [-0.1, -0.05) is 17.7 Å². The second-order valence-electron chi connectivity index (χ2n) is 5.03. The van der Waals surface area contributed by atoms with Crippen LogP contribution in [0.4, 0.5) is 10.1 Å². The number of nitro benzene ring substituents is 1. The first kappa shape index (κ1) is 18.4. The molecule has 0 fully saturated rings. The Labute approximate surface area is 146 Å². The molecule has 0 aromatic heterocycles. The fourth-order valence-corrected chi connectivity index (χ4v) is 2.51. The zero-order valence-corrected chi connectivity index (χ0v) is 13.9. The van der Waals surface area contributed by atoms with Crippen LogP contribution in [0.1, 0.15) is 15.9 Å². The van der Waals surface area contributed by atoms with E-state index < -0.39 is 28.2 Å². The normalized spacial score (nSPS) is 10.2. The molecule has 2 N–H and O–H groups in total. The van der Waals surface area contributed by atoms with E-state index in [1.807, 2.05) is 31.2 Å². The number of nitrogens with zero attached hydrogens (tertiary/aromatic N) is 1. The van der Waals surface area contributed by atoms with Crippen LogP contribution in [0, 0.1) is 22.9 Å². The number of hydrogen-bond donors (Lipinski definition) is 2. The summed E-state index contributed by atoms with van der Waals surface area (Å²) in [5.74, 6) is -2.19. The monoisotopic (exact) mass is 363 g/mol. The zero-order valence-electron chi connectivity index (χ0n) is 13.1. The van der Waals surface area contributed by atoms with Crippen molar-refractivity contribution in [3.8, 4) is 0 Å². The Kier molecular flexibility index (Phi) is 6.07. The summed E-state index contributed by atoms with van der Waals surface area (Å²) in [6.07, 6.45) is 0. The molecule has 0 aliphatic rings. The molecule has 25 heavy (non-hydrogen) atoms. The number of halogens is 1. The number of carbonyl (C=O) groups is 2. The predicted molar refractivity (Wildman–Crippen MR) is 90.6 cm³/mol. The average molecular weight is 363 g/mol. The van der Waals surface area contributed by atoms with Gasteiger partial charge in [-0.25, -0.2) is 0 Å². The first-order chi connectivity index (χ1) is 11.9. The van der Waals surface area contributed by atoms with Crippen molar-refractivity contribution in [1.29, 1.82) is 0 Å². The maximum absolute atomic E-state index is 13.2. The minimum Gasteiger partial charge on any atom is -0.272 e. The molecule has 2 rings (SSSR count). The Morgan fingerprint density at radius 3 is 2.48 bits per heavy atom. The van der Waals surface area contributed by atoms with E-state index in [4.69, 9.17) is 0 Å². The Morgan fingerprint density at radius 1 is 1.16 bits per heavy atom. The van der Waals surface area contributed by atoms with Crippen LogP contribution in [0.2, 0.25) is 0 Å². The third kappa shape index (κ3) is 5.28. The van der Waals surface area contributed by atoms with E-state index in [1.165, 1.54) is 11.8 Å². The van der Waals surface area contributed by atoms with Crippen molar-refractivity contribution in [1.82, 2.24) is 10.9 Å². The third-order valence-corrected chi connectivity index (χ3v) is 4.12. The van der Waals surface area contributed by atoms with Gasteiger partial charge in [-0.05, 0) is 31.2 Å². The number of rotatable bonds is 5. The smallest absolute Gasteiger partial charge is 0.272 e. The lowest BCUT2D eigenvalue weighted by Crippen LogP contribution is -2.42. The molecular weight excluding hydrogens is 349 g/mol. The molecule has 0 saturated heterocycles. The second-order valence-corrected chi connectivity index (χ2v) is 6.08. The van der Waals surface area contributed by atoms with Gasteiger partial charge >= 0.3 is 5.69 Å². The highest BCUT2D eigenvalue weighted by molar-refractivity contribution is 8.00. The molecule has 0 saturated carbocycles. The van der Waals surface area contributed by atoms with Gasteiger partial charge in [0.1, 0.15) is 0 Å². The number of thioether (sulfide) groups is 1. The zero-order chi connectivity index (χ0) is 18.4. The summed E-state index contributed by atoms with van der Waals surface area (Å²) in [7, 11) is 0. The topological polar surface area (TPSA) is 101 Å². The summed E-state index contributed by atoms with van der Waals surface area (Å²) in [6, 6.07) is 10.3. The van der Waals surface area contributed by atoms with E-state index in [0.717, 1.165) is 28.7 Å². The van der Waals surface area contributed by atoms with E-state index in [-0.39, 0.29) is 11.3 Å². The molecule has 0 aliphatic carbocycles. The van der Waals surface area contributed by atoms with Crippen molar-refractivity contribution in [2.75, 3.05) is 5.75 Å². The first-order valence-corrected chi connectivity index (χ1v) is 8.08. The number of hydrazine groups is 1. The molecule has 130 valence electrons. The van der Waals surface area contributed by atoms with Crippen molar-refractivity contribution in [2.24, 2.45) is 0 Å². The number of benzene rings is 2. The van der Waals surface area contributed by atoms with Crippen molar-refractivity contribution < 1.29 is 18.9 Å². The summed E-state index contributed by atoms with van der Waals surface area (Å²) in [6.45, 7) is 1.95. The van der Waals surface area contributed by atoms with Crippen LogP contribution in [0.25, 0.3) is 0 Å². The molecule has 0 aliphatic heterocycles. The Morgan fingerprint density at radius 2 is 1.84 bits per heavy atom. The molecule has 2 amide bonds. The summed E-state index contributed by atoms with van der Waals surface area (Å²) >= 11 is 1.29. The fourth-order valence-electron chi connectivity index (χ4n) is 1.81. The van der Waals surface area contributed by atoms with Gasteiger partial charge in [0.05, 0.1) is 10.7 Å². The highest BCUT2D eigenvalue weighted by Crippen LogP contribution is 2.19. The second kappa shape index (κ2) is 8.25. The average Bonchev–Trinajstić information content (AvgIpc) is 2.59. The van der Waals surface area contributed by atoms with Crippen molar-refractivity contribution in [3.05, 3.63) is 69.5 Å². The SMILES string of the molecule is Cc1ccc(SCC(=O)NNC(=O)c2ccc(F)c([N+](=O)[O-])c2)cc1. The third-order valence-electron chi connectivity index (χ3n) is 3.11. The van der Waals surface area contributed by atoms with Crippen LogP contribution in [-0.4, -0.2) is 22.5 Å². The van der Waals surface area contributed by atoms with Crippen LogP contribution in [0.5, 0.6) is 0 Å². The van der Waals surface area contributed by atoms with Gasteiger partial charge in [0, 0.05) is 16.5 Å². The largest absolute Gasteiger partial charge is 0.305 e. The van der Waals surface area contributed by atoms with E-state index >= 15 is 0 Å². The summed E-state index contributed by atoms with van der Waals surface area (Å²) < 4.78 is 13.2. The number of carbonyl (C=O) groups excluding carboxylic acids is 2. The number of nitro groups is 1. The summed E-state index contributed by atoms with van der Waals surface area (Å²) in [5.41, 5.74) is 4.49. The van der Waals surface area contributed by atoms with Crippen LogP contribution >= 0.6 is 11.8 Å². The minimum atomic E-state index is -1.04. The molecule has 0 radical (unpaired) electrons. The van der Waals surface area contributed by atoms with Gasteiger partial charge in [-0.3, -0.25) is 30.6 Å². The maximum Gasteiger partial charge on any atom is 0.305 e. The van der Waals surface area contributed by atoms with E-state index in [1.54, 1.807) is 0 Å². The van der Waals surface area contributed by atoms with E-state index in [9.17, 15) is 24.1 Å². The van der Waals surface area contributed by atoms with Gasteiger partial charge in [-0.15, -0.1) is 11.8 Å². The molecule has 0 unspecified atom stereocenters. The molecular formula is C16H14FN3O4S. The van der Waals surface area contributed by atoms with Gasteiger partial charge in [-0.2, -0.15) is 4.39 Å².